The van der Waals surface area contributed by atoms with Gasteiger partial charge in [-0.25, -0.2) is 9.97 Å². The highest BCUT2D eigenvalue weighted by molar-refractivity contribution is 6.30. The van der Waals surface area contributed by atoms with Gasteiger partial charge >= 0.3 is 0 Å². The summed E-state index contributed by atoms with van der Waals surface area (Å²) >= 11 is 5.84. The number of hydrogen-bond acceptors (Lipinski definition) is 4. The normalized spacial score (nSPS) is 10.4. The van der Waals surface area contributed by atoms with Crippen molar-refractivity contribution in [3.8, 4) is 0 Å². The Balaban J connectivity index is 2.16. The van der Waals surface area contributed by atoms with E-state index in [9.17, 15) is 4.79 Å². The number of aryl methyl sites for hydroxylation is 1. The van der Waals surface area contributed by atoms with E-state index in [4.69, 9.17) is 11.6 Å². The van der Waals surface area contributed by atoms with Crippen molar-refractivity contribution in [2.75, 3.05) is 23.8 Å². The molecule has 1 heterocycles. The number of aromatic nitrogens is 2. The fourth-order valence-corrected chi connectivity index (χ4v) is 2.19. The van der Waals surface area contributed by atoms with Crippen molar-refractivity contribution in [3.05, 3.63) is 46.7 Å². The molecule has 0 saturated heterocycles. The molecule has 5 nitrogen and oxygen atoms in total. The van der Waals surface area contributed by atoms with E-state index < -0.39 is 0 Å². The van der Waals surface area contributed by atoms with Crippen molar-refractivity contribution in [2.24, 2.45) is 0 Å². The molecule has 0 aliphatic rings. The van der Waals surface area contributed by atoms with Crippen LogP contribution in [-0.4, -0.2) is 29.5 Å². The van der Waals surface area contributed by atoms with Crippen LogP contribution < -0.4 is 10.2 Å². The average molecular weight is 333 g/mol. The number of unbranched alkanes of at least 4 members (excludes halogenated alkanes) is 1. The molecule has 2 aromatic rings. The highest BCUT2D eigenvalue weighted by atomic mass is 35.5. The van der Waals surface area contributed by atoms with E-state index in [0.29, 0.717) is 22.4 Å². The van der Waals surface area contributed by atoms with Crippen molar-refractivity contribution in [1.82, 2.24) is 9.97 Å². The lowest BCUT2D eigenvalue weighted by Crippen LogP contribution is -2.23. The van der Waals surface area contributed by atoms with E-state index in [2.05, 4.69) is 22.2 Å². The quantitative estimate of drug-likeness (QED) is 0.870. The second-order valence-corrected chi connectivity index (χ2v) is 5.87. The molecule has 0 aliphatic carbocycles. The molecule has 0 spiro atoms. The minimum atomic E-state index is -0.261. The Morgan fingerprint density at radius 3 is 2.61 bits per heavy atom. The fraction of sp³-hybridized carbons (Fsp3) is 0.353. The summed E-state index contributed by atoms with van der Waals surface area (Å²) in [6.45, 7) is 4.85. The zero-order valence-corrected chi connectivity index (χ0v) is 14.4. The van der Waals surface area contributed by atoms with Crippen LogP contribution in [0.4, 0.5) is 11.6 Å². The van der Waals surface area contributed by atoms with E-state index in [0.717, 1.165) is 25.1 Å². The molecule has 23 heavy (non-hydrogen) atoms. The van der Waals surface area contributed by atoms with Gasteiger partial charge in [-0.15, -0.1) is 0 Å². The third-order valence-corrected chi connectivity index (χ3v) is 3.62. The molecule has 6 heteroatoms. The standard InChI is InChI=1S/C17H21ClN4O/c1-4-5-10-22(3)17-19-12(2)11-15(21-17)16(23)20-14-8-6-13(18)7-9-14/h6-9,11H,4-5,10H2,1-3H3,(H,20,23). The van der Waals surface area contributed by atoms with Crippen LogP contribution in [0.3, 0.4) is 0 Å². The van der Waals surface area contributed by atoms with Gasteiger partial charge in [0.25, 0.3) is 5.91 Å². The van der Waals surface area contributed by atoms with E-state index >= 15 is 0 Å². The van der Waals surface area contributed by atoms with Gasteiger partial charge in [-0.2, -0.15) is 0 Å². The first-order chi connectivity index (χ1) is 11.0. The Morgan fingerprint density at radius 2 is 1.96 bits per heavy atom. The number of nitrogens with zero attached hydrogens (tertiary/aromatic N) is 3. The van der Waals surface area contributed by atoms with E-state index in [1.807, 2.05) is 18.9 Å². The zero-order chi connectivity index (χ0) is 16.8. The Bertz CT molecular complexity index is 673. The van der Waals surface area contributed by atoms with Gasteiger partial charge in [0.2, 0.25) is 5.95 Å². The van der Waals surface area contributed by atoms with Crippen molar-refractivity contribution in [2.45, 2.75) is 26.7 Å². The Labute approximate surface area is 141 Å². The first kappa shape index (κ1) is 17.2. The lowest BCUT2D eigenvalue weighted by Gasteiger charge is -2.17. The molecular formula is C17H21ClN4O. The lowest BCUT2D eigenvalue weighted by molar-refractivity contribution is 0.102. The summed E-state index contributed by atoms with van der Waals surface area (Å²) in [5.74, 6) is 0.308. The van der Waals surface area contributed by atoms with Crippen molar-refractivity contribution in [1.29, 1.82) is 0 Å². The number of amides is 1. The number of halogens is 1. The van der Waals surface area contributed by atoms with Gasteiger partial charge in [0, 0.05) is 30.0 Å². The number of rotatable bonds is 6. The number of carbonyl (C=O) groups excluding carboxylic acids is 1. The lowest BCUT2D eigenvalue weighted by atomic mass is 10.3. The summed E-state index contributed by atoms with van der Waals surface area (Å²) in [4.78, 5) is 23.1. The predicted molar refractivity (Wildman–Crippen MR) is 94.4 cm³/mol. The summed E-state index contributed by atoms with van der Waals surface area (Å²) in [6.07, 6.45) is 2.15. The fourth-order valence-electron chi connectivity index (χ4n) is 2.06. The molecule has 1 aromatic heterocycles. The summed E-state index contributed by atoms with van der Waals surface area (Å²) in [7, 11) is 1.94. The molecule has 0 saturated carbocycles. The molecule has 0 radical (unpaired) electrons. The molecule has 0 atom stereocenters. The molecule has 0 aliphatic heterocycles. The first-order valence-corrected chi connectivity index (χ1v) is 8.01. The van der Waals surface area contributed by atoms with Crippen LogP contribution in [0.25, 0.3) is 0 Å². The smallest absolute Gasteiger partial charge is 0.274 e. The zero-order valence-electron chi connectivity index (χ0n) is 13.6. The van der Waals surface area contributed by atoms with Gasteiger partial charge in [-0.3, -0.25) is 4.79 Å². The maximum absolute atomic E-state index is 12.4. The highest BCUT2D eigenvalue weighted by Gasteiger charge is 2.13. The van der Waals surface area contributed by atoms with Crippen LogP contribution in [0.5, 0.6) is 0 Å². The molecule has 1 aromatic carbocycles. The molecule has 0 fully saturated rings. The van der Waals surface area contributed by atoms with Gasteiger partial charge in [-0.05, 0) is 43.7 Å². The predicted octanol–water partition coefficient (Wildman–Crippen LogP) is 3.93. The minimum absolute atomic E-state index is 0.261. The van der Waals surface area contributed by atoms with Crippen molar-refractivity contribution >= 4 is 29.1 Å². The van der Waals surface area contributed by atoms with Gasteiger partial charge in [0.15, 0.2) is 0 Å². The molecule has 0 unspecified atom stereocenters. The van der Waals surface area contributed by atoms with Crippen LogP contribution in [-0.2, 0) is 0 Å². The number of carbonyl (C=O) groups is 1. The van der Waals surface area contributed by atoms with Crippen LogP contribution in [0, 0.1) is 6.92 Å². The SMILES string of the molecule is CCCCN(C)c1nc(C)cc(C(=O)Nc2ccc(Cl)cc2)n1. The summed E-state index contributed by atoms with van der Waals surface area (Å²) in [5, 5.41) is 3.44. The number of anilines is 2. The molecule has 0 bridgehead atoms. The second-order valence-electron chi connectivity index (χ2n) is 5.43. The van der Waals surface area contributed by atoms with E-state index in [1.165, 1.54) is 0 Å². The van der Waals surface area contributed by atoms with Gasteiger partial charge in [0.05, 0.1) is 0 Å². The van der Waals surface area contributed by atoms with Crippen molar-refractivity contribution in [3.63, 3.8) is 0 Å². The first-order valence-electron chi connectivity index (χ1n) is 7.63. The van der Waals surface area contributed by atoms with Crippen molar-refractivity contribution < 1.29 is 4.79 Å². The summed E-state index contributed by atoms with van der Waals surface area (Å²) < 4.78 is 0. The molecule has 122 valence electrons. The maximum Gasteiger partial charge on any atom is 0.274 e. The van der Waals surface area contributed by atoms with Crippen LogP contribution in [0.15, 0.2) is 30.3 Å². The van der Waals surface area contributed by atoms with Gasteiger partial charge < -0.3 is 10.2 Å². The van der Waals surface area contributed by atoms with Gasteiger partial charge in [0.1, 0.15) is 5.69 Å². The summed E-state index contributed by atoms with van der Waals surface area (Å²) in [6, 6.07) is 8.65. The molecule has 1 N–H and O–H groups in total. The third-order valence-electron chi connectivity index (χ3n) is 3.37. The Morgan fingerprint density at radius 1 is 1.26 bits per heavy atom. The Kier molecular flexibility index (Phi) is 5.93. The van der Waals surface area contributed by atoms with Crippen LogP contribution in [0.1, 0.15) is 35.9 Å². The molecular weight excluding hydrogens is 312 g/mol. The monoisotopic (exact) mass is 332 g/mol. The molecule has 2 rings (SSSR count). The maximum atomic E-state index is 12.4. The minimum Gasteiger partial charge on any atom is -0.344 e. The highest BCUT2D eigenvalue weighted by Crippen LogP contribution is 2.15. The summed E-state index contributed by atoms with van der Waals surface area (Å²) in [5.41, 5.74) is 1.79. The number of nitrogens with one attached hydrogen (secondary N) is 1. The largest absolute Gasteiger partial charge is 0.344 e. The van der Waals surface area contributed by atoms with E-state index in [-0.39, 0.29) is 5.91 Å². The number of benzene rings is 1. The average Bonchev–Trinajstić information content (AvgIpc) is 2.54. The van der Waals surface area contributed by atoms with Crippen LogP contribution >= 0.6 is 11.6 Å². The second kappa shape index (κ2) is 7.92. The van der Waals surface area contributed by atoms with E-state index in [1.54, 1.807) is 30.3 Å². The molecule has 1 amide bonds. The Hall–Kier alpha value is -2.14. The third kappa shape index (κ3) is 4.93. The van der Waals surface area contributed by atoms with Gasteiger partial charge in [-0.1, -0.05) is 24.9 Å². The topological polar surface area (TPSA) is 58.1 Å². The van der Waals surface area contributed by atoms with Crippen LogP contribution in [0.2, 0.25) is 5.02 Å². The number of hydrogen-bond donors (Lipinski definition) is 1.